The van der Waals surface area contributed by atoms with Crippen LogP contribution in [0.1, 0.15) is 5.56 Å². The number of phenols is 2. The molecule has 2 nitrogen and oxygen atoms in total. The molecule has 0 atom stereocenters. The van der Waals surface area contributed by atoms with Crippen LogP contribution in [0.15, 0.2) is 12.1 Å². The number of hydrogen-bond donors (Lipinski definition) is 2. The third-order valence-electron chi connectivity index (χ3n) is 1.36. The molecule has 1 aromatic rings. The molecule has 0 saturated heterocycles. The van der Waals surface area contributed by atoms with Crippen LogP contribution < -0.4 is 0 Å². The molecular formula is C7H4F4O2. The highest BCUT2D eigenvalue weighted by atomic mass is 19.4. The number of phenolic OH excluding ortho intramolecular Hbond substituents is 2. The molecule has 2 N–H and O–H groups in total. The maximum Gasteiger partial charge on any atom is 0.416 e. The van der Waals surface area contributed by atoms with E-state index in [2.05, 4.69) is 0 Å². The van der Waals surface area contributed by atoms with Crippen molar-refractivity contribution in [3.05, 3.63) is 23.5 Å². The van der Waals surface area contributed by atoms with Gasteiger partial charge in [0.25, 0.3) is 0 Å². The quantitative estimate of drug-likeness (QED) is 0.624. The minimum Gasteiger partial charge on any atom is -0.505 e. The molecule has 0 saturated carbocycles. The lowest BCUT2D eigenvalue weighted by Gasteiger charge is -2.07. The van der Waals surface area contributed by atoms with E-state index in [1.54, 1.807) is 0 Å². The maximum absolute atomic E-state index is 12.4. The van der Waals surface area contributed by atoms with E-state index in [-0.39, 0.29) is 12.1 Å². The summed E-state index contributed by atoms with van der Waals surface area (Å²) < 4.78 is 48.2. The van der Waals surface area contributed by atoms with Gasteiger partial charge in [0.15, 0.2) is 11.5 Å². The molecule has 0 amide bonds. The van der Waals surface area contributed by atoms with Crippen LogP contribution in [-0.4, -0.2) is 10.2 Å². The molecule has 0 unspecified atom stereocenters. The van der Waals surface area contributed by atoms with Crippen molar-refractivity contribution in [2.24, 2.45) is 0 Å². The summed E-state index contributed by atoms with van der Waals surface area (Å²) in [7, 11) is 0. The van der Waals surface area contributed by atoms with Gasteiger partial charge in [-0.05, 0) is 12.1 Å². The Balaban J connectivity index is 3.29. The highest BCUT2D eigenvalue weighted by Crippen LogP contribution is 2.36. The van der Waals surface area contributed by atoms with Gasteiger partial charge in [0, 0.05) is 0 Å². The Morgan fingerprint density at radius 2 is 1.38 bits per heavy atom. The minimum atomic E-state index is -4.72. The maximum atomic E-state index is 12.4. The highest BCUT2D eigenvalue weighted by Gasteiger charge is 2.32. The Morgan fingerprint density at radius 3 is 1.69 bits per heavy atom. The lowest BCUT2D eigenvalue weighted by atomic mass is 10.2. The Kier molecular flexibility index (Phi) is 2.07. The first kappa shape index (κ1) is 9.63. The molecular weight excluding hydrogens is 192 g/mol. The Labute approximate surface area is 70.0 Å². The Bertz CT molecular complexity index is 309. The largest absolute Gasteiger partial charge is 0.505 e. The zero-order chi connectivity index (χ0) is 10.2. The van der Waals surface area contributed by atoms with Gasteiger partial charge in [-0.2, -0.15) is 17.6 Å². The first-order valence-corrected chi connectivity index (χ1v) is 3.11. The number of hydrogen-bond acceptors (Lipinski definition) is 2. The van der Waals surface area contributed by atoms with Crippen LogP contribution in [0.4, 0.5) is 17.6 Å². The molecule has 13 heavy (non-hydrogen) atoms. The van der Waals surface area contributed by atoms with Crippen LogP contribution in [-0.2, 0) is 6.18 Å². The van der Waals surface area contributed by atoms with Crippen molar-refractivity contribution >= 4 is 0 Å². The smallest absolute Gasteiger partial charge is 0.416 e. The van der Waals surface area contributed by atoms with Gasteiger partial charge in [0.2, 0.25) is 5.82 Å². The summed E-state index contributed by atoms with van der Waals surface area (Å²) in [6, 6.07) is 0.407. The predicted molar refractivity (Wildman–Crippen MR) is 34.7 cm³/mol. The molecule has 1 aromatic carbocycles. The van der Waals surface area contributed by atoms with Crippen molar-refractivity contribution in [3.8, 4) is 11.5 Å². The SMILES string of the molecule is Oc1cc(C(F)(F)F)cc(O)c1F. The van der Waals surface area contributed by atoms with Crippen molar-refractivity contribution in [2.75, 3.05) is 0 Å². The average Bonchev–Trinajstić information content (AvgIpc) is 1.97. The topological polar surface area (TPSA) is 40.5 Å². The van der Waals surface area contributed by atoms with Gasteiger partial charge < -0.3 is 10.2 Å². The number of benzene rings is 1. The molecule has 0 bridgehead atoms. The van der Waals surface area contributed by atoms with E-state index in [9.17, 15) is 17.6 Å². The second kappa shape index (κ2) is 2.79. The van der Waals surface area contributed by atoms with E-state index in [0.29, 0.717) is 0 Å². The van der Waals surface area contributed by atoms with E-state index in [1.165, 1.54) is 0 Å². The monoisotopic (exact) mass is 196 g/mol. The summed E-state index contributed by atoms with van der Waals surface area (Å²) in [4.78, 5) is 0. The van der Waals surface area contributed by atoms with Gasteiger partial charge in [0.05, 0.1) is 5.56 Å². The van der Waals surface area contributed by atoms with E-state index < -0.39 is 29.1 Å². The number of aromatic hydroxyl groups is 2. The molecule has 6 heteroatoms. The van der Waals surface area contributed by atoms with Gasteiger partial charge in [-0.15, -0.1) is 0 Å². The summed E-state index contributed by atoms with van der Waals surface area (Å²) in [5.41, 5.74) is -1.30. The van der Waals surface area contributed by atoms with Crippen molar-refractivity contribution in [1.82, 2.24) is 0 Å². The van der Waals surface area contributed by atoms with E-state index >= 15 is 0 Å². The molecule has 0 aliphatic rings. The third kappa shape index (κ3) is 1.82. The standard InChI is InChI=1S/C7H4F4O2/c8-6-4(12)1-3(2-5(6)13)7(9,10)11/h1-2,12-13H. The van der Waals surface area contributed by atoms with E-state index in [4.69, 9.17) is 10.2 Å². The molecule has 0 aromatic heterocycles. The zero-order valence-electron chi connectivity index (χ0n) is 6.06. The first-order valence-electron chi connectivity index (χ1n) is 3.11. The second-order valence-electron chi connectivity index (χ2n) is 2.33. The van der Waals surface area contributed by atoms with Gasteiger partial charge in [-0.1, -0.05) is 0 Å². The van der Waals surface area contributed by atoms with Gasteiger partial charge >= 0.3 is 6.18 Å². The Morgan fingerprint density at radius 1 is 1.00 bits per heavy atom. The first-order chi connectivity index (χ1) is 5.82. The average molecular weight is 196 g/mol. The summed E-state index contributed by atoms with van der Waals surface area (Å²) >= 11 is 0. The minimum absolute atomic E-state index is 0.203. The molecule has 72 valence electrons. The van der Waals surface area contributed by atoms with Crippen molar-refractivity contribution < 1.29 is 27.8 Å². The fraction of sp³-hybridized carbons (Fsp3) is 0.143. The van der Waals surface area contributed by atoms with Crippen LogP contribution >= 0.6 is 0 Å². The van der Waals surface area contributed by atoms with Crippen molar-refractivity contribution in [1.29, 1.82) is 0 Å². The van der Waals surface area contributed by atoms with E-state index in [0.717, 1.165) is 0 Å². The van der Waals surface area contributed by atoms with Crippen LogP contribution in [0.5, 0.6) is 11.5 Å². The second-order valence-corrected chi connectivity index (χ2v) is 2.33. The summed E-state index contributed by atoms with van der Waals surface area (Å²) in [5, 5.41) is 17.2. The van der Waals surface area contributed by atoms with Crippen LogP contribution in [0.2, 0.25) is 0 Å². The summed E-state index contributed by atoms with van der Waals surface area (Å²) in [5.74, 6) is -3.92. The zero-order valence-corrected chi connectivity index (χ0v) is 6.06. The lowest BCUT2D eigenvalue weighted by Crippen LogP contribution is -2.04. The van der Waals surface area contributed by atoms with Gasteiger partial charge in [-0.25, -0.2) is 0 Å². The molecule has 0 heterocycles. The summed E-state index contributed by atoms with van der Waals surface area (Å²) in [6.07, 6.45) is -4.72. The van der Waals surface area contributed by atoms with Crippen LogP contribution in [0.3, 0.4) is 0 Å². The molecule has 1 rings (SSSR count). The van der Waals surface area contributed by atoms with Crippen molar-refractivity contribution in [3.63, 3.8) is 0 Å². The fourth-order valence-corrected chi connectivity index (χ4v) is 0.758. The third-order valence-corrected chi connectivity index (χ3v) is 1.36. The number of alkyl halides is 3. The van der Waals surface area contributed by atoms with Gasteiger partial charge in [-0.3, -0.25) is 0 Å². The summed E-state index contributed by atoms with van der Waals surface area (Å²) in [6.45, 7) is 0. The highest BCUT2D eigenvalue weighted by molar-refractivity contribution is 5.39. The van der Waals surface area contributed by atoms with Crippen molar-refractivity contribution in [2.45, 2.75) is 6.18 Å². The van der Waals surface area contributed by atoms with Crippen LogP contribution in [0, 0.1) is 5.82 Å². The molecule has 0 aliphatic heterocycles. The lowest BCUT2D eigenvalue weighted by molar-refractivity contribution is -0.137. The van der Waals surface area contributed by atoms with Crippen LogP contribution in [0.25, 0.3) is 0 Å². The number of rotatable bonds is 0. The normalized spacial score (nSPS) is 11.7. The molecule has 0 radical (unpaired) electrons. The molecule has 0 fully saturated rings. The van der Waals surface area contributed by atoms with Gasteiger partial charge in [0.1, 0.15) is 0 Å². The number of halogens is 4. The molecule has 0 aliphatic carbocycles. The predicted octanol–water partition coefficient (Wildman–Crippen LogP) is 2.26. The fourth-order valence-electron chi connectivity index (χ4n) is 0.758. The Hall–Kier alpha value is -1.46. The van der Waals surface area contributed by atoms with E-state index in [1.807, 2.05) is 0 Å². The molecule has 0 spiro atoms.